The lowest BCUT2D eigenvalue weighted by molar-refractivity contribution is 0.492. The molecule has 0 amide bonds. The van der Waals surface area contributed by atoms with E-state index in [4.69, 9.17) is 10.2 Å². The van der Waals surface area contributed by atoms with Crippen LogP contribution in [0.5, 0.6) is 0 Å². The molecular weight excluding hydrogens is 326 g/mol. The number of nitrogens with two attached hydrogens (primary N) is 1. The first kappa shape index (κ1) is 14.4. The minimum atomic E-state index is -0.135. The molecule has 0 saturated carbocycles. The Labute approximate surface area is 133 Å². The molecule has 0 aliphatic rings. The number of fused-ring (bicyclic) bond motifs is 1. The number of furan rings is 1. The van der Waals surface area contributed by atoms with Crippen molar-refractivity contribution in [2.45, 2.75) is 26.3 Å². The number of hydrogen-bond donors (Lipinski definition) is 1. The summed E-state index contributed by atoms with van der Waals surface area (Å²) in [5, 5.41) is 1.08. The highest BCUT2D eigenvalue weighted by molar-refractivity contribution is 9.10. The molecule has 21 heavy (non-hydrogen) atoms. The van der Waals surface area contributed by atoms with Crippen molar-refractivity contribution in [3.8, 4) is 0 Å². The molecule has 3 heteroatoms. The quantitative estimate of drug-likeness (QED) is 0.722. The van der Waals surface area contributed by atoms with E-state index in [-0.39, 0.29) is 6.04 Å². The van der Waals surface area contributed by atoms with Gasteiger partial charge in [0.2, 0.25) is 0 Å². The highest BCUT2D eigenvalue weighted by Gasteiger charge is 2.16. The number of benzene rings is 2. The Kier molecular flexibility index (Phi) is 3.87. The second-order valence-corrected chi connectivity index (χ2v) is 6.34. The van der Waals surface area contributed by atoms with Crippen LogP contribution in [0.25, 0.3) is 11.0 Å². The van der Waals surface area contributed by atoms with Crippen LogP contribution in [-0.4, -0.2) is 0 Å². The fourth-order valence-corrected chi connectivity index (χ4v) is 3.18. The van der Waals surface area contributed by atoms with Crippen LogP contribution in [0.1, 0.15) is 28.5 Å². The summed E-state index contributed by atoms with van der Waals surface area (Å²) < 4.78 is 6.90. The molecule has 0 radical (unpaired) electrons. The van der Waals surface area contributed by atoms with Gasteiger partial charge in [-0.15, -0.1) is 0 Å². The predicted molar refractivity (Wildman–Crippen MR) is 90.5 cm³/mol. The Balaban J connectivity index is 1.94. The van der Waals surface area contributed by atoms with Gasteiger partial charge in [-0.3, -0.25) is 0 Å². The zero-order valence-electron chi connectivity index (χ0n) is 12.2. The van der Waals surface area contributed by atoms with Crippen molar-refractivity contribution >= 4 is 26.9 Å². The number of halogens is 1. The summed E-state index contributed by atoms with van der Waals surface area (Å²) in [5.74, 6) is 0.833. The molecule has 3 rings (SSSR count). The summed E-state index contributed by atoms with van der Waals surface area (Å²) in [5.41, 5.74) is 11.1. The van der Waals surface area contributed by atoms with Crippen LogP contribution < -0.4 is 5.73 Å². The highest BCUT2D eigenvalue weighted by Crippen LogP contribution is 2.30. The van der Waals surface area contributed by atoms with Gasteiger partial charge >= 0.3 is 0 Å². The molecule has 0 aliphatic heterocycles. The summed E-state index contributed by atoms with van der Waals surface area (Å²) in [6.45, 7) is 4.26. The van der Waals surface area contributed by atoms with Gasteiger partial charge in [0, 0.05) is 5.39 Å². The average molecular weight is 344 g/mol. The Hall–Kier alpha value is -1.58. The molecule has 1 heterocycles. The van der Waals surface area contributed by atoms with Crippen LogP contribution >= 0.6 is 15.9 Å². The largest absolute Gasteiger partial charge is 0.458 e. The molecule has 3 aromatic rings. The molecule has 108 valence electrons. The Morgan fingerprint density at radius 1 is 1.10 bits per heavy atom. The van der Waals surface area contributed by atoms with Crippen LogP contribution in [0.4, 0.5) is 0 Å². The first-order chi connectivity index (χ1) is 10.1. The zero-order valence-corrected chi connectivity index (χ0v) is 13.8. The van der Waals surface area contributed by atoms with Crippen LogP contribution in [0.2, 0.25) is 0 Å². The molecule has 2 nitrogen and oxygen atoms in total. The van der Waals surface area contributed by atoms with Crippen molar-refractivity contribution in [1.29, 1.82) is 0 Å². The predicted octanol–water partition coefficient (Wildman–Crippen LogP) is 5.05. The average Bonchev–Trinajstić information content (AvgIpc) is 2.88. The smallest absolute Gasteiger partial charge is 0.148 e. The van der Waals surface area contributed by atoms with Crippen molar-refractivity contribution in [3.63, 3.8) is 0 Å². The SMILES string of the molecule is Cc1cccc(C)c1CC(N)c1cc2cccc(Br)c2o1. The van der Waals surface area contributed by atoms with Gasteiger partial charge in [-0.1, -0.05) is 30.3 Å². The fraction of sp³-hybridized carbons (Fsp3) is 0.222. The second-order valence-electron chi connectivity index (χ2n) is 5.49. The highest BCUT2D eigenvalue weighted by atomic mass is 79.9. The van der Waals surface area contributed by atoms with Crippen molar-refractivity contribution in [3.05, 3.63) is 69.4 Å². The van der Waals surface area contributed by atoms with Gasteiger partial charge in [0.15, 0.2) is 0 Å². The molecule has 0 aliphatic carbocycles. The normalized spacial score (nSPS) is 12.8. The van der Waals surface area contributed by atoms with E-state index >= 15 is 0 Å². The maximum absolute atomic E-state index is 6.37. The molecule has 2 aromatic carbocycles. The summed E-state index contributed by atoms with van der Waals surface area (Å²) in [6, 6.07) is 14.3. The van der Waals surface area contributed by atoms with Gasteiger partial charge in [-0.25, -0.2) is 0 Å². The molecule has 0 saturated heterocycles. The van der Waals surface area contributed by atoms with E-state index < -0.39 is 0 Å². The molecular formula is C18H18BrNO. The van der Waals surface area contributed by atoms with E-state index in [0.717, 1.165) is 27.6 Å². The number of rotatable bonds is 3. The lowest BCUT2D eigenvalue weighted by Gasteiger charge is -2.13. The van der Waals surface area contributed by atoms with Gasteiger partial charge in [0.05, 0.1) is 10.5 Å². The third-order valence-corrected chi connectivity index (χ3v) is 4.57. The van der Waals surface area contributed by atoms with Crippen molar-refractivity contribution in [2.75, 3.05) is 0 Å². The molecule has 2 N–H and O–H groups in total. The summed E-state index contributed by atoms with van der Waals surface area (Å²) in [4.78, 5) is 0. The van der Waals surface area contributed by atoms with Crippen LogP contribution in [0, 0.1) is 13.8 Å². The second kappa shape index (κ2) is 5.66. The molecule has 0 bridgehead atoms. The third kappa shape index (κ3) is 2.76. The topological polar surface area (TPSA) is 39.2 Å². The van der Waals surface area contributed by atoms with Gasteiger partial charge in [0.25, 0.3) is 0 Å². The van der Waals surface area contributed by atoms with Crippen molar-refractivity contribution in [2.24, 2.45) is 5.73 Å². The van der Waals surface area contributed by atoms with E-state index in [1.165, 1.54) is 16.7 Å². The van der Waals surface area contributed by atoms with E-state index in [0.29, 0.717) is 0 Å². The van der Waals surface area contributed by atoms with Crippen LogP contribution in [0.15, 0.2) is 51.4 Å². The van der Waals surface area contributed by atoms with Gasteiger partial charge in [-0.2, -0.15) is 0 Å². The standard InChI is InChI=1S/C18H18BrNO/c1-11-5-3-6-12(2)14(11)10-16(20)17-9-13-7-4-8-15(19)18(13)21-17/h3-9,16H,10,20H2,1-2H3. The maximum Gasteiger partial charge on any atom is 0.148 e. The minimum Gasteiger partial charge on any atom is -0.458 e. The van der Waals surface area contributed by atoms with E-state index in [2.05, 4.69) is 48.0 Å². The lowest BCUT2D eigenvalue weighted by Crippen LogP contribution is -2.14. The van der Waals surface area contributed by atoms with Crippen LogP contribution in [-0.2, 0) is 6.42 Å². The summed E-state index contributed by atoms with van der Waals surface area (Å²) >= 11 is 3.51. The van der Waals surface area contributed by atoms with Gasteiger partial charge in [-0.05, 0) is 65.0 Å². The molecule has 1 unspecified atom stereocenters. The van der Waals surface area contributed by atoms with Gasteiger partial charge in [0.1, 0.15) is 11.3 Å². The van der Waals surface area contributed by atoms with Crippen molar-refractivity contribution in [1.82, 2.24) is 0 Å². The van der Waals surface area contributed by atoms with Crippen LogP contribution in [0.3, 0.4) is 0 Å². The minimum absolute atomic E-state index is 0.135. The van der Waals surface area contributed by atoms with E-state index in [1.807, 2.05) is 24.3 Å². The number of hydrogen-bond acceptors (Lipinski definition) is 2. The Morgan fingerprint density at radius 2 is 1.76 bits per heavy atom. The first-order valence-electron chi connectivity index (χ1n) is 7.05. The zero-order chi connectivity index (χ0) is 15.0. The van der Waals surface area contributed by atoms with Crippen molar-refractivity contribution < 1.29 is 4.42 Å². The van der Waals surface area contributed by atoms with Gasteiger partial charge < -0.3 is 10.2 Å². The molecule has 0 fully saturated rings. The lowest BCUT2D eigenvalue weighted by atomic mass is 9.96. The third-order valence-electron chi connectivity index (χ3n) is 3.95. The first-order valence-corrected chi connectivity index (χ1v) is 7.84. The number of aryl methyl sites for hydroxylation is 2. The molecule has 1 aromatic heterocycles. The number of para-hydroxylation sites is 1. The summed E-state index contributed by atoms with van der Waals surface area (Å²) in [7, 11) is 0. The Morgan fingerprint density at radius 3 is 2.43 bits per heavy atom. The summed E-state index contributed by atoms with van der Waals surface area (Å²) in [6.07, 6.45) is 0.788. The Bertz CT molecular complexity index is 771. The molecule has 1 atom stereocenters. The maximum atomic E-state index is 6.37. The van der Waals surface area contributed by atoms with E-state index in [9.17, 15) is 0 Å². The fourth-order valence-electron chi connectivity index (χ4n) is 2.72. The monoisotopic (exact) mass is 343 g/mol. The van der Waals surface area contributed by atoms with E-state index in [1.54, 1.807) is 0 Å². The molecule has 0 spiro atoms.